The molecule has 0 saturated carbocycles. The molecule has 0 heterocycles. The summed E-state index contributed by atoms with van der Waals surface area (Å²) in [6.07, 6.45) is 0.972. The van der Waals surface area contributed by atoms with E-state index in [0.717, 1.165) is 12.0 Å². The van der Waals surface area contributed by atoms with Gasteiger partial charge in [0.1, 0.15) is 6.61 Å². The number of benzene rings is 2. The van der Waals surface area contributed by atoms with Crippen LogP contribution in [0.3, 0.4) is 0 Å². The van der Waals surface area contributed by atoms with Gasteiger partial charge in [0.05, 0.1) is 0 Å². The largest absolute Gasteiger partial charge is 0.232 e. The van der Waals surface area contributed by atoms with E-state index in [1.165, 1.54) is 22.3 Å². The summed E-state index contributed by atoms with van der Waals surface area (Å²) in [7, 11) is 0. The number of fused-ring (bicyclic) bond motifs is 3. The van der Waals surface area contributed by atoms with E-state index in [4.69, 9.17) is 0 Å². The average molecular weight is 195 g/mol. The molecule has 2 aromatic carbocycles. The fourth-order valence-electron chi connectivity index (χ4n) is 2.39. The van der Waals surface area contributed by atoms with Crippen LogP contribution in [0.25, 0.3) is 11.1 Å². The molecule has 3 rings (SSSR count). The zero-order chi connectivity index (χ0) is 10.3. The lowest BCUT2D eigenvalue weighted by atomic mass is 10.0. The maximum Gasteiger partial charge on any atom is 0.108 e. The first-order valence-electron chi connectivity index (χ1n) is 5.17. The predicted molar refractivity (Wildman–Crippen MR) is 59.1 cm³/mol. The summed E-state index contributed by atoms with van der Waals surface area (Å²) in [5.74, 6) is 0. The predicted octanol–water partition coefficient (Wildman–Crippen LogP) is 3.19. The van der Waals surface area contributed by atoms with Crippen molar-refractivity contribution in [3.05, 3.63) is 59.2 Å². The van der Waals surface area contributed by atoms with Gasteiger partial charge in [-0.15, -0.1) is 0 Å². The smallest absolute Gasteiger partial charge is 0.108 e. The van der Waals surface area contributed by atoms with E-state index in [0.29, 0.717) is 0 Å². The molecular formula is C14H11O. The fourth-order valence-corrected chi connectivity index (χ4v) is 2.39. The summed E-state index contributed by atoms with van der Waals surface area (Å²) in [5, 5.41) is 11.1. The van der Waals surface area contributed by atoms with Crippen LogP contribution < -0.4 is 0 Å². The second-order valence-corrected chi connectivity index (χ2v) is 3.93. The van der Waals surface area contributed by atoms with Gasteiger partial charge in [-0.25, -0.2) is 5.11 Å². The van der Waals surface area contributed by atoms with Crippen molar-refractivity contribution >= 4 is 0 Å². The van der Waals surface area contributed by atoms with Crippen LogP contribution in [0.1, 0.15) is 16.7 Å². The Kier molecular flexibility index (Phi) is 1.86. The van der Waals surface area contributed by atoms with E-state index in [1.807, 2.05) is 18.2 Å². The molecule has 2 aromatic rings. The maximum atomic E-state index is 11.1. The molecule has 1 aliphatic carbocycles. The minimum absolute atomic E-state index is 0.127. The van der Waals surface area contributed by atoms with Crippen molar-refractivity contribution in [2.24, 2.45) is 0 Å². The lowest BCUT2D eigenvalue weighted by molar-refractivity contribution is 0.178. The molecule has 1 heteroatoms. The second-order valence-electron chi connectivity index (χ2n) is 3.93. The molecule has 1 nitrogen and oxygen atoms in total. The molecule has 0 saturated heterocycles. The van der Waals surface area contributed by atoms with Gasteiger partial charge in [0.25, 0.3) is 0 Å². The Hall–Kier alpha value is -1.60. The van der Waals surface area contributed by atoms with Crippen molar-refractivity contribution in [3.63, 3.8) is 0 Å². The molecule has 0 spiro atoms. The Labute approximate surface area is 89.0 Å². The molecule has 0 atom stereocenters. The zero-order valence-electron chi connectivity index (χ0n) is 8.36. The SMILES string of the molecule is [O]Cc1cccc2c1-c1ccccc1C2. The molecular weight excluding hydrogens is 184 g/mol. The van der Waals surface area contributed by atoms with E-state index in [9.17, 15) is 5.11 Å². The van der Waals surface area contributed by atoms with Gasteiger partial charge in [-0.1, -0.05) is 42.5 Å². The monoisotopic (exact) mass is 195 g/mol. The highest BCUT2D eigenvalue weighted by molar-refractivity contribution is 5.79. The van der Waals surface area contributed by atoms with Crippen molar-refractivity contribution in [2.75, 3.05) is 0 Å². The van der Waals surface area contributed by atoms with E-state index < -0.39 is 0 Å². The van der Waals surface area contributed by atoms with Crippen LogP contribution in [-0.2, 0) is 18.1 Å². The fraction of sp³-hybridized carbons (Fsp3) is 0.143. The lowest BCUT2D eigenvalue weighted by Gasteiger charge is -2.05. The highest BCUT2D eigenvalue weighted by Crippen LogP contribution is 2.38. The van der Waals surface area contributed by atoms with Gasteiger partial charge in [-0.05, 0) is 34.2 Å². The van der Waals surface area contributed by atoms with Crippen LogP contribution in [0.2, 0.25) is 0 Å². The van der Waals surface area contributed by atoms with Crippen molar-refractivity contribution in [1.29, 1.82) is 0 Å². The number of rotatable bonds is 1. The molecule has 0 unspecified atom stereocenters. The third-order valence-electron chi connectivity index (χ3n) is 3.06. The van der Waals surface area contributed by atoms with Crippen LogP contribution in [0.15, 0.2) is 42.5 Å². The number of hydrogen-bond acceptors (Lipinski definition) is 0. The molecule has 0 aliphatic heterocycles. The standard InChI is InChI=1S/C14H11O/c15-9-12-6-3-5-11-8-10-4-1-2-7-13(10)14(11)12/h1-7H,8-9H2. The second kappa shape index (κ2) is 3.21. The molecule has 0 fully saturated rings. The normalized spacial score (nSPS) is 12.3. The number of hydrogen-bond donors (Lipinski definition) is 0. The van der Waals surface area contributed by atoms with Crippen molar-refractivity contribution in [2.45, 2.75) is 13.0 Å². The Bertz CT molecular complexity index is 514. The van der Waals surface area contributed by atoms with Gasteiger partial charge in [-0.3, -0.25) is 0 Å². The van der Waals surface area contributed by atoms with Gasteiger partial charge >= 0.3 is 0 Å². The van der Waals surface area contributed by atoms with Crippen LogP contribution in [0, 0.1) is 0 Å². The highest BCUT2D eigenvalue weighted by Gasteiger charge is 2.19. The van der Waals surface area contributed by atoms with Crippen molar-refractivity contribution in [1.82, 2.24) is 0 Å². The summed E-state index contributed by atoms with van der Waals surface area (Å²) in [6, 6.07) is 14.4. The molecule has 1 aliphatic rings. The molecule has 0 N–H and O–H groups in total. The van der Waals surface area contributed by atoms with Crippen LogP contribution in [-0.4, -0.2) is 0 Å². The summed E-state index contributed by atoms with van der Waals surface area (Å²) in [6.45, 7) is -0.127. The van der Waals surface area contributed by atoms with Crippen molar-refractivity contribution in [3.8, 4) is 11.1 Å². The molecule has 73 valence electrons. The molecule has 0 amide bonds. The van der Waals surface area contributed by atoms with E-state index in [2.05, 4.69) is 24.3 Å². The summed E-state index contributed by atoms with van der Waals surface area (Å²) in [5.41, 5.74) is 6.00. The average Bonchev–Trinajstić information content (AvgIpc) is 2.67. The summed E-state index contributed by atoms with van der Waals surface area (Å²) < 4.78 is 0. The van der Waals surface area contributed by atoms with E-state index in [1.54, 1.807) is 0 Å². The van der Waals surface area contributed by atoms with Crippen molar-refractivity contribution < 1.29 is 5.11 Å². The molecule has 0 aromatic heterocycles. The Balaban J connectivity index is 2.30. The lowest BCUT2D eigenvalue weighted by Crippen LogP contribution is -1.88. The van der Waals surface area contributed by atoms with E-state index >= 15 is 0 Å². The third kappa shape index (κ3) is 1.20. The molecule has 1 radical (unpaired) electrons. The first-order valence-corrected chi connectivity index (χ1v) is 5.17. The van der Waals surface area contributed by atoms with Crippen LogP contribution in [0.5, 0.6) is 0 Å². The Morgan fingerprint density at radius 1 is 0.933 bits per heavy atom. The quantitative estimate of drug-likeness (QED) is 0.568. The minimum atomic E-state index is -0.127. The Morgan fingerprint density at radius 2 is 1.73 bits per heavy atom. The van der Waals surface area contributed by atoms with Crippen LogP contribution >= 0.6 is 0 Å². The summed E-state index contributed by atoms with van der Waals surface area (Å²) >= 11 is 0. The molecule has 15 heavy (non-hydrogen) atoms. The minimum Gasteiger partial charge on any atom is -0.232 e. The third-order valence-corrected chi connectivity index (χ3v) is 3.06. The zero-order valence-corrected chi connectivity index (χ0v) is 8.36. The highest BCUT2D eigenvalue weighted by atomic mass is 16.3. The maximum absolute atomic E-state index is 11.1. The van der Waals surface area contributed by atoms with Gasteiger partial charge in [0.2, 0.25) is 0 Å². The molecule has 0 bridgehead atoms. The van der Waals surface area contributed by atoms with E-state index in [-0.39, 0.29) is 6.61 Å². The van der Waals surface area contributed by atoms with Gasteiger partial charge in [0, 0.05) is 0 Å². The van der Waals surface area contributed by atoms with Crippen LogP contribution in [0.4, 0.5) is 0 Å². The van der Waals surface area contributed by atoms with Gasteiger partial charge < -0.3 is 0 Å². The van der Waals surface area contributed by atoms with Gasteiger partial charge in [0.15, 0.2) is 0 Å². The first-order chi connectivity index (χ1) is 7.40. The first kappa shape index (κ1) is 8.69. The summed E-state index contributed by atoms with van der Waals surface area (Å²) in [4.78, 5) is 0. The van der Waals surface area contributed by atoms with Gasteiger partial charge in [-0.2, -0.15) is 0 Å². The Morgan fingerprint density at radius 3 is 2.60 bits per heavy atom. The topological polar surface area (TPSA) is 19.9 Å².